The Morgan fingerprint density at radius 1 is 0.153 bits per heavy atom. The Morgan fingerprint density at radius 3 is 0.870 bits per heavy atom. The van der Waals surface area contributed by atoms with Gasteiger partial charge in [0.1, 0.15) is 0 Å². The van der Waals surface area contributed by atoms with Gasteiger partial charge in [-0.2, -0.15) is 0 Å². The highest BCUT2D eigenvalue weighted by Gasteiger charge is 2.42. The molecule has 624 valence electrons. The van der Waals surface area contributed by atoms with Gasteiger partial charge in [0.2, 0.25) is 0 Å². The number of aryl methyl sites for hydroxylation is 3. The molecular formula is C129H96S2. The van der Waals surface area contributed by atoms with Gasteiger partial charge in [0, 0.05) is 67.6 Å². The summed E-state index contributed by atoms with van der Waals surface area (Å²) < 4.78 is 5.38. The molecule has 2 heteroatoms. The second-order valence-electron chi connectivity index (χ2n) is 39.3. The molecule has 0 saturated heterocycles. The van der Waals surface area contributed by atoms with E-state index in [-0.39, 0.29) is 21.7 Å². The van der Waals surface area contributed by atoms with Crippen LogP contribution in [0.5, 0.6) is 0 Å². The average molecular weight is 1710 g/mol. The molecule has 0 amide bonds. The molecule has 2 aromatic heterocycles. The second-order valence-corrected chi connectivity index (χ2v) is 41.4. The normalized spacial score (nSPS) is 14.2. The third-order valence-electron chi connectivity index (χ3n) is 30.4. The van der Waals surface area contributed by atoms with Crippen LogP contribution in [0.1, 0.15) is 117 Å². The molecule has 4 aliphatic rings. The lowest BCUT2D eigenvalue weighted by Gasteiger charge is -2.23. The Morgan fingerprint density at radius 2 is 0.427 bits per heavy atom. The van der Waals surface area contributed by atoms with E-state index in [1.165, 1.54) is 277 Å². The number of thiophene rings is 2. The van der Waals surface area contributed by atoms with Gasteiger partial charge in [-0.1, -0.05) is 424 Å². The fourth-order valence-electron chi connectivity index (χ4n) is 24.2. The molecule has 0 N–H and O–H groups in total. The van der Waals surface area contributed by atoms with Crippen LogP contribution in [0.4, 0.5) is 0 Å². The number of hydrogen-bond acceptors (Lipinski definition) is 2. The van der Waals surface area contributed by atoms with E-state index in [1.54, 1.807) is 0 Å². The topological polar surface area (TPSA) is 0 Å². The van der Waals surface area contributed by atoms with E-state index in [2.05, 4.69) is 458 Å². The molecule has 0 aliphatic heterocycles. The molecule has 2 heterocycles. The zero-order valence-corrected chi connectivity index (χ0v) is 77.3. The lowest BCUT2D eigenvalue weighted by atomic mass is 9.80. The van der Waals surface area contributed by atoms with Crippen LogP contribution in [0.15, 0.2) is 382 Å². The molecular weight excluding hydrogens is 1610 g/mol. The maximum absolute atomic E-state index is 2.46. The Balaban J connectivity index is 0.000000106. The lowest BCUT2D eigenvalue weighted by molar-refractivity contribution is 0.660. The largest absolute Gasteiger partial charge is 0.135 e. The third-order valence-corrected chi connectivity index (χ3v) is 32.8. The highest BCUT2D eigenvalue weighted by atomic mass is 32.1. The molecule has 0 unspecified atom stereocenters. The van der Waals surface area contributed by atoms with Crippen LogP contribution in [0.2, 0.25) is 0 Å². The van der Waals surface area contributed by atoms with Gasteiger partial charge in [0.05, 0.1) is 0 Å². The van der Waals surface area contributed by atoms with Crippen LogP contribution in [-0.2, 0) is 21.7 Å². The Kier molecular flexibility index (Phi) is 17.6. The van der Waals surface area contributed by atoms with Gasteiger partial charge < -0.3 is 0 Å². The summed E-state index contributed by atoms with van der Waals surface area (Å²) in [7, 11) is 0. The summed E-state index contributed by atoms with van der Waals surface area (Å²) in [6, 6.07) is 144. The Labute approximate surface area is 774 Å². The van der Waals surface area contributed by atoms with Crippen molar-refractivity contribution in [2.75, 3.05) is 0 Å². The minimum Gasteiger partial charge on any atom is -0.135 e. The zero-order chi connectivity index (χ0) is 88.4. The first-order valence-electron chi connectivity index (χ1n) is 46.4. The first kappa shape index (κ1) is 78.8. The van der Waals surface area contributed by atoms with E-state index in [1.807, 2.05) is 22.7 Å². The van der Waals surface area contributed by atoms with Crippen molar-refractivity contribution in [3.8, 4) is 111 Å². The molecule has 0 spiro atoms. The van der Waals surface area contributed by atoms with Crippen LogP contribution in [-0.4, -0.2) is 0 Å². The van der Waals surface area contributed by atoms with E-state index in [0.717, 1.165) is 0 Å². The van der Waals surface area contributed by atoms with E-state index in [4.69, 9.17) is 0 Å². The molecule has 0 saturated carbocycles. The highest BCUT2D eigenvalue weighted by molar-refractivity contribution is 7.26. The summed E-state index contributed by atoms with van der Waals surface area (Å²) >= 11 is 3.79. The van der Waals surface area contributed by atoms with Crippen LogP contribution >= 0.6 is 22.7 Å². The SMILES string of the molecule is Cc1ccc2c(-c3ccc4c(c3)-c3ccccc3C4(C)C)c3ccccc3c(-c3cccc4c3-c3ccccc3C4(C)C)c2c1.Cc1ccc2c(-c3ccc4sc5ccccc5c4c3)c3ccccc3c(-c3cccc4c3-c3ccccc3C4(C)C)c2c1.Cc1ccc2c(-c3cccc4c3sc3ccccc34)c3ccccc3c(-c3cccc4c3-c3ccccc3C4(C)C)c2c1. The fourth-order valence-corrected chi connectivity index (χ4v) is 26.6. The second kappa shape index (κ2) is 29.3. The number of benzene rings is 21. The summed E-state index contributed by atoms with van der Waals surface area (Å²) in [6.07, 6.45) is 0. The van der Waals surface area contributed by atoms with Crippen LogP contribution in [0, 0.1) is 20.8 Å². The van der Waals surface area contributed by atoms with E-state index >= 15 is 0 Å². The van der Waals surface area contributed by atoms with Gasteiger partial charge in [-0.15, -0.1) is 22.7 Å². The van der Waals surface area contributed by atoms with Crippen LogP contribution in [0.3, 0.4) is 0 Å². The van der Waals surface area contributed by atoms with Crippen molar-refractivity contribution < 1.29 is 0 Å². The van der Waals surface area contributed by atoms with Crippen molar-refractivity contribution in [3.05, 3.63) is 443 Å². The van der Waals surface area contributed by atoms with Gasteiger partial charge in [-0.25, -0.2) is 0 Å². The lowest BCUT2D eigenvalue weighted by Crippen LogP contribution is -2.14. The first-order chi connectivity index (χ1) is 63.8. The summed E-state index contributed by atoms with van der Waals surface area (Å²) in [6.45, 7) is 25.6. The molecule has 131 heavy (non-hydrogen) atoms. The Bertz CT molecular complexity index is 8870. The van der Waals surface area contributed by atoms with Crippen LogP contribution < -0.4 is 0 Å². The maximum Gasteiger partial charge on any atom is 0.0434 e. The first-order valence-corrected chi connectivity index (χ1v) is 48.1. The van der Waals surface area contributed by atoms with E-state index in [0.29, 0.717) is 0 Å². The fraction of sp³-hybridized carbons (Fsp3) is 0.116. The number of fused-ring (bicyclic) bond motifs is 24. The van der Waals surface area contributed by atoms with Crippen molar-refractivity contribution in [3.63, 3.8) is 0 Å². The maximum atomic E-state index is 2.46. The van der Waals surface area contributed by atoms with Crippen molar-refractivity contribution in [1.29, 1.82) is 0 Å². The van der Waals surface area contributed by atoms with Crippen molar-refractivity contribution in [1.82, 2.24) is 0 Å². The van der Waals surface area contributed by atoms with Gasteiger partial charge in [0.15, 0.2) is 0 Å². The predicted octanol–water partition coefficient (Wildman–Crippen LogP) is 36.9. The molecule has 0 atom stereocenters. The monoisotopic (exact) mass is 1710 g/mol. The zero-order valence-electron chi connectivity index (χ0n) is 75.7. The number of rotatable bonds is 6. The summed E-state index contributed by atoms with van der Waals surface area (Å²) in [5, 5.41) is 21.1. The average Bonchev–Trinajstić information content (AvgIpc) is 1.58. The van der Waals surface area contributed by atoms with Gasteiger partial charge in [-0.3, -0.25) is 0 Å². The van der Waals surface area contributed by atoms with E-state index in [9.17, 15) is 0 Å². The van der Waals surface area contributed by atoms with Gasteiger partial charge in [-0.05, 0) is 266 Å². The molecule has 0 fully saturated rings. The standard InChI is InChI=1S/C45H36.2C42H30S/c1-27-21-23-32-36(25-27)42(34-17-12-20-40-43(34)33-16-9-11-19-38(33)45(40,4)5)31-15-7-6-14-30(31)41(32)28-22-24-39-35(26-28)29-13-8-10-18-37(29)44(39,2)3;1-25-22-23-29-34(24-25)39(32-17-11-20-36-40(32)31-15-6-8-19-35(31)42(36,2)3)28-14-5-4-13-27(28)38(29)33-18-10-16-30-26-12-7-9-21-37(26)43-41(30)33;1-25-19-21-30-34(23-25)40(32-15-10-17-36-41(32)31-14-6-8-16-35(31)42(36,2)3)29-13-5-4-12-28(29)39(30)26-20-22-38-33(24-26)27-11-7-9-18-37(27)43-38/h6-26H,1-5H3;2*4-24H,1-3H3. The molecule has 21 aromatic carbocycles. The minimum absolute atomic E-state index is 0.00663. The summed E-state index contributed by atoms with van der Waals surface area (Å²) in [4.78, 5) is 0. The smallest absolute Gasteiger partial charge is 0.0434 e. The quantitative estimate of drug-likeness (QED) is 0.146. The van der Waals surface area contributed by atoms with E-state index < -0.39 is 0 Å². The molecule has 4 aliphatic carbocycles. The third kappa shape index (κ3) is 11.7. The molecule has 0 bridgehead atoms. The van der Waals surface area contributed by atoms with Crippen LogP contribution in [0.25, 0.3) is 216 Å². The Hall–Kier alpha value is -14.4. The minimum atomic E-state index is -0.0438. The van der Waals surface area contributed by atoms with Gasteiger partial charge in [0.25, 0.3) is 0 Å². The molecule has 23 aromatic rings. The summed E-state index contributed by atoms with van der Waals surface area (Å²) in [5.74, 6) is 0. The molecule has 0 nitrogen and oxygen atoms in total. The number of hydrogen-bond donors (Lipinski definition) is 0. The highest BCUT2D eigenvalue weighted by Crippen LogP contribution is 2.61. The van der Waals surface area contributed by atoms with Gasteiger partial charge >= 0.3 is 0 Å². The molecule has 0 radical (unpaired) electrons. The molecule has 27 rings (SSSR count). The van der Waals surface area contributed by atoms with Crippen molar-refractivity contribution in [2.45, 2.75) is 97.8 Å². The van der Waals surface area contributed by atoms with Crippen molar-refractivity contribution in [2.24, 2.45) is 0 Å². The predicted molar refractivity (Wildman–Crippen MR) is 567 cm³/mol. The summed E-state index contributed by atoms with van der Waals surface area (Å²) in [5.41, 5.74) is 41.8. The van der Waals surface area contributed by atoms with Crippen molar-refractivity contribution >= 4 is 128 Å².